The Morgan fingerprint density at radius 2 is 1.51 bits per heavy atom. The smallest absolute Gasteiger partial charge is 0.326 e. The van der Waals surface area contributed by atoms with Crippen LogP contribution in [0.3, 0.4) is 0 Å². The molecule has 0 fully saturated rings. The van der Waals surface area contributed by atoms with Crippen molar-refractivity contribution in [3.05, 3.63) is 54.1 Å². The molecule has 4 unspecified atom stereocenters. The number of nitrogens with two attached hydrogens (primary N) is 1. The molecular formula is C26H36N6O7. The van der Waals surface area contributed by atoms with Crippen LogP contribution in [-0.4, -0.2) is 74.0 Å². The largest absolute Gasteiger partial charge is 0.481 e. The van der Waals surface area contributed by atoms with Crippen molar-refractivity contribution in [1.82, 2.24) is 25.9 Å². The molecule has 0 radical (unpaired) electrons. The first-order valence-corrected chi connectivity index (χ1v) is 12.6. The van der Waals surface area contributed by atoms with Gasteiger partial charge >= 0.3 is 11.9 Å². The number of carbonyl (C=O) groups is 5. The summed E-state index contributed by atoms with van der Waals surface area (Å²) in [6.07, 6.45) is 2.48. The summed E-state index contributed by atoms with van der Waals surface area (Å²) in [7, 11) is 0. The van der Waals surface area contributed by atoms with Crippen LogP contribution in [0.5, 0.6) is 0 Å². The van der Waals surface area contributed by atoms with Gasteiger partial charge in [0.15, 0.2) is 0 Å². The molecule has 13 heteroatoms. The molecule has 0 saturated carbocycles. The Morgan fingerprint density at radius 1 is 0.897 bits per heavy atom. The number of nitrogens with one attached hydrogen (secondary N) is 4. The Bertz CT molecular complexity index is 1110. The van der Waals surface area contributed by atoms with Crippen molar-refractivity contribution in [2.24, 2.45) is 11.7 Å². The third-order valence-electron chi connectivity index (χ3n) is 5.85. The second-order valence-corrected chi connectivity index (χ2v) is 9.66. The molecule has 0 spiro atoms. The highest BCUT2D eigenvalue weighted by Crippen LogP contribution is 2.09. The molecule has 0 aliphatic heterocycles. The van der Waals surface area contributed by atoms with Crippen LogP contribution in [0.2, 0.25) is 0 Å². The van der Waals surface area contributed by atoms with Gasteiger partial charge in [-0.05, 0) is 30.7 Å². The molecule has 39 heavy (non-hydrogen) atoms. The monoisotopic (exact) mass is 544 g/mol. The minimum absolute atomic E-state index is 0.00121. The van der Waals surface area contributed by atoms with Crippen molar-refractivity contribution >= 4 is 29.7 Å². The van der Waals surface area contributed by atoms with Crippen LogP contribution in [0.15, 0.2) is 42.9 Å². The lowest BCUT2D eigenvalue weighted by Gasteiger charge is -2.26. The molecule has 0 bridgehead atoms. The van der Waals surface area contributed by atoms with Crippen LogP contribution < -0.4 is 21.7 Å². The summed E-state index contributed by atoms with van der Waals surface area (Å²) in [6.45, 7) is 3.73. The van der Waals surface area contributed by atoms with Crippen molar-refractivity contribution in [2.75, 3.05) is 0 Å². The number of benzene rings is 1. The first-order valence-electron chi connectivity index (χ1n) is 12.6. The highest BCUT2D eigenvalue weighted by Gasteiger charge is 2.31. The number of H-pyrrole nitrogens is 1. The number of aliphatic carboxylic acids is 2. The van der Waals surface area contributed by atoms with Gasteiger partial charge in [-0.15, -0.1) is 0 Å². The molecule has 8 N–H and O–H groups in total. The van der Waals surface area contributed by atoms with Crippen LogP contribution in [0.25, 0.3) is 0 Å². The first kappa shape index (κ1) is 31.0. The van der Waals surface area contributed by atoms with Crippen LogP contribution in [0.1, 0.15) is 44.4 Å². The fourth-order valence-corrected chi connectivity index (χ4v) is 3.84. The van der Waals surface area contributed by atoms with Crippen molar-refractivity contribution in [3.63, 3.8) is 0 Å². The molecule has 3 amide bonds. The number of amides is 3. The third-order valence-corrected chi connectivity index (χ3v) is 5.85. The number of aromatic nitrogens is 2. The Labute approximate surface area is 226 Å². The highest BCUT2D eigenvalue weighted by atomic mass is 16.4. The van der Waals surface area contributed by atoms with E-state index < -0.39 is 60.2 Å². The van der Waals surface area contributed by atoms with E-state index in [0.29, 0.717) is 5.69 Å². The summed E-state index contributed by atoms with van der Waals surface area (Å²) in [5.74, 6) is -4.64. The fraction of sp³-hybridized carbons (Fsp3) is 0.462. The van der Waals surface area contributed by atoms with E-state index in [4.69, 9.17) is 10.8 Å². The molecule has 0 aliphatic rings. The average molecular weight is 545 g/mol. The minimum atomic E-state index is -1.48. The van der Waals surface area contributed by atoms with E-state index in [9.17, 15) is 29.1 Å². The zero-order valence-corrected chi connectivity index (χ0v) is 21.9. The quantitative estimate of drug-likeness (QED) is 0.151. The summed E-state index contributed by atoms with van der Waals surface area (Å²) in [6, 6.07) is 4.54. The molecule has 13 nitrogen and oxygen atoms in total. The van der Waals surface area contributed by atoms with E-state index in [1.165, 1.54) is 12.5 Å². The molecule has 1 aromatic carbocycles. The fourth-order valence-electron chi connectivity index (χ4n) is 3.84. The Kier molecular flexibility index (Phi) is 12.1. The summed E-state index contributed by atoms with van der Waals surface area (Å²) < 4.78 is 0. The van der Waals surface area contributed by atoms with Gasteiger partial charge in [0.1, 0.15) is 18.1 Å². The predicted molar refractivity (Wildman–Crippen MR) is 140 cm³/mol. The van der Waals surface area contributed by atoms with Crippen LogP contribution in [0.4, 0.5) is 0 Å². The van der Waals surface area contributed by atoms with Crippen LogP contribution in [-0.2, 0) is 36.8 Å². The highest BCUT2D eigenvalue weighted by molar-refractivity contribution is 5.94. The second kappa shape index (κ2) is 15.2. The van der Waals surface area contributed by atoms with Crippen molar-refractivity contribution < 1.29 is 34.2 Å². The molecular weight excluding hydrogens is 508 g/mol. The van der Waals surface area contributed by atoms with Gasteiger partial charge in [-0.2, -0.15) is 0 Å². The van der Waals surface area contributed by atoms with Crippen molar-refractivity contribution in [2.45, 2.75) is 70.1 Å². The van der Waals surface area contributed by atoms with E-state index >= 15 is 0 Å². The number of carbonyl (C=O) groups excluding carboxylic acids is 3. The number of hydrogen-bond donors (Lipinski definition) is 7. The van der Waals surface area contributed by atoms with Crippen molar-refractivity contribution in [1.29, 1.82) is 0 Å². The molecule has 1 aromatic heterocycles. The van der Waals surface area contributed by atoms with E-state index in [1.54, 1.807) is 0 Å². The number of carboxylic acids is 2. The van der Waals surface area contributed by atoms with Gasteiger partial charge in [0, 0.05) is 24.7 Å². The minimum Gasteiger partial charge on any atom is -0.481 e. The predicted octanol–water partition coefficient (Wildman–Crippen LogP) is -0.0279. The maximum atomic E-state index is 13.3. The van der Waals surface area contributed by atoms with E-state index in [2.05, 4.69) is 25.9 Å². The number of imidazole rings is 1. The molecule has 4 atom stereocenters. The maximum absolute atomic E-state index is 13.3. The van der Waals surface area contributed by atoms with E-state index in [-0.39, 0.29) is 31.6 Å². The number of nitrogens with zero attached hydrogens (tertiary/aromatic N) is 1. The van der Waals surface area contributed by atoms with Gasteiger partial charge in [0.25, 0.3) is 0 Å². The molecule has 212 valence electrons. The zero-order valence-electron chi connectivity index (χ0n) is 21.9. The summed E-state index contributed by atoms with van der Waals surface area (Å²) in [5, 5.41) is 25.9. The lowest BCUT2D eigenvalue weighted by molar-refractivity contribution is -0.143. The molecule has 2 rings (SSSR count). The SMILES string of the molecule is CC(C)CC(NC(=O)C(N)Cc1ccccc1)C(=O)NC(Cc1cnc[nH]1)C(=O)NC(CCC(=O)O)C(=O)O. The Balaban J connectivity index is 2.16. The number of carboxylic acid groups (broad SMARTS) is 2. The molecule has 2 aromatic rings. The van der Waals surface area contributed by atoms with Gasteiger partial charge in [0.05, 0.1) is 12.4 Å². The number of aromatic amines is 1. The molecule has 0 aliphatic carbocycles. The zero-order chi connectivity index (χ0) is 28.9. The van der Waals surface area contributed by atoms with Crippen LogP contribution in [0, 0.1) is 5.92 Å². The summed E-state index contributed by atoms with van der Waals surface area (Å²) in [4.78, 5) is 68.4. The average Bonchev–Trinajstić information content (AvgIpc) is 3.38. The normalized spacial score (nSPS) is 14.1. The second-order valence-electron chi connectivity index (χ2n) is 9.66. The summed E-state index contributed by atoms with van der Waals surface area (Å²) in [5.41, 5.74) is 7.43. The van der Waals surface area contributed by atoms with Gasteiger partial charge in [0.2, 0.25) is 17.7 Å². The van der Waals surface area contributed by atoms with Crippen molar-refractivity contribution in [3.8, 4) is 0 Å². The van der Waals surface area contributed by atoms with Crippen LogP contribution >= 0.6 is 0 Å². The molecule has 1 heterocycles. The molecule has 0 saturated heterocycles. The number of rotatable bonds is 16. The van der Waals surface area contributed by atoms with E-state index in [0.717, 1.165) is 5.56 Å². The van der Waals surface area contributed by atoms with Gasteiger partial charge in [-0.25, -0.2) is 9.78 Å². The first-order chi connectivity index (χ1) is 18.5. The standard InChI is InChI=1S/C26H36N6O7/c1-15(2)10-20(31-23(35)18(27)11-16-6-4-3-5-7-16)24(36)32-21(12-17-13-28-14-29-17)25(37)30-19(26(38)39)8-9-22(33)34/h3-7,13-15,18-21H,8-12,27H2,1-2H3,(H,28,29)(H,30,37)(H,31,35)(H,32,36)(H,33,34)(H,38,39). The third kappa shape index (κ3) is 10.9. The number of hydrogen-bond acceptors (Lipinski definition) is 7. The van der Waals surface area contributed by atoms with Gasteiger partial charge in [-0.1, -0.05) is 44.2 Å². The Hall–Kier alpha value is -4.26. The lowest BCUT2D eigenvalue weighted by Crippen LogP contribution is -2.58. The van der Waals surface area contributed by atoms with E-state index in [1.807, 2.05) is 44.2 Å². The Morgan fingerprint density at radius 3 is 2.08 bits per heavy atom. The van der Waals surface area contributed by atoms with Gasteiger partial charge < -0.3 is 36.9 Å². The topological polar surface area (TPSA) is 217 Å². The maximum Gasteiger partial charge on any atom is 0.326 e. The van der Waals surface area contributed by atoms with Gasteiger partial charge in [-0.3, -0.25) is 19.2 Å². The lowest BCUT2D eigenvalue weighted by atomic mass is 10.0. The summed E-state index contributed by atoms with van der Waals surface area (Å²) >= 11 is 0.